The first-order chi connectivity index (χ1) is 7.94. The second-order valence-corrected chi connectivity index (χ2v) is 6.94. The maximum Gasteiger partial charge on any atom is 0.182 e. The molecule has 1 aromatic carbocycles. The standard InChI is InChI=1S/C13H19NO2S/c1-4-11-8-17(15,16)13-7-10(9(2)3)5-6-12(13)14-11/h5-7,9,11,14H,4,8H2,1-3H3. The molecule has 17 heavy (non-hydrogen) atoms. The third-order valence-corrected chi connectivity index (χ3v) is 5.13. The average Bonchev–Trinajstić information content (AvgIpc) is 2.27. The fourth-order valence-corrected chi connectivity index (χ4v) is 3.92. The molecule has 0 saturated carbocycles. The van der Waals surface area contributed by atoms with Crippen molar-refractivity contribution in [1.82, 2.24) is 0 Å². The van der Waals surface area contributed by atoms with Crippen LogP contribution in [0.1, 0.15) is 38.7 Å². The van der Waals surface area contributed by atoms with Crippen LogP contribution in [0.4, 0.5) is 5.69 Å². The molecule has 2 rings (SSSR count). The van der Waals surface area contributed by atoms with Crippen molar-refractivity contribution < 1.29 is 8.42 Å². The van der Waals surface area contributed by atoms with Crippen LogP contribution in [-0.4, -0.2) is 20.2 Å². The van der Waals surface area contributed by atoms with Gasteiger partial charge in [0, 0.05) is 6.04 Å². The first-order valence-electron chi connectivity index (χ1n) is 6.07. The molecule has 0 spiro atoms. The fraction of sp³-hybridized carbons (Fsp3) is 0.538. The quantitative estimate of drug-likeness (QED) is 0.881. The van der Waals surface area contributed by atoms with Crippen molar-refractivity contribution in [3.63, 3.8) is 0 Å². The molecule has 0 aliphatic carbocycles. The number of rotatable bonds is 2. The number of anilines is 1. The SMILES string of the molecule is CCC1CS(=O)(=O)c2cc(C(C)C)ccc2N1. The number of fused-ring (bicyclic) bond motifs is 1. The van der Waals surface area contributed by atoms with E-state index < -0.39 is 9.84 Å². The predicted molar refractivity (Wildman–Crippen MR) is 70.3 cm³/mol. The summed E-state index contributed by atoms with van der Waals surface area (Å²) in [4.78, 5) is 0.466. The van der Waals surface area contributed by atoms with E-state index in [1.165, 1.54) is 0 Å². The largest absolute Gasteiger partial charge is 0.380 e. The minimum atomic E-state index is -3.12. The maximum atomic E-state index is 12.2. The zero-order valence-corrected chi connectivity index (χ0v) is 11.3. The molecule has 1 aliphatic rings. The van der Waals surface area contributed by atoms with E-state index in [1.54, 1.807) is 0 Å². The lowest BCUT2D eigenvalue weighted by molar-refractivity contribution is 0.583. The summed E-state index contributed by atoms with van der Waals surface area (Å²) in [7, 11) is -3.12. The van der Waals surface area contributed by atoms with Crippen LogP contribution >= 0.6 is 0 Å². The first kappa shape index (κ1) is 12.4. The summed E-state index contributed by atoms with van der Waals surface area (Å²) in [5.41, 5.74) is 1.83. The molecule has 1 heterocycles. The lowest BCUT2D eigenvalue weighted by Crippen LogP contribution is -2.33. The number of hydrogen-bond donors (Lipinski definition) is 1. The normalized spacial score (nSPS) is 22.0. The highest BCUT2D eigenvalue weighted by molar-refractivity contribution is 7.91. The highest BCUT2D eigenvalue weighted by Gasteiger charge is 2.29. The van der Waals surface area contributed by atoms with Gasteiger partial charge in [-0.15, -0.1) is 0 Å². The highest BCUT2D eigenvalue weighted by Crippen LogP contribution is 2.31. The Hall–Kier alpha value is -1.03. The molecule has 1 aliphatic heterocycles. The van der Waals surface area contributed by atoms with Crippen molar-refractivity contribution in [2.75, 3.05) is 11.1 Å². The van der Waals surface area contributed by atoms with E-state index in [0.717, 1.165) is 17.7 Å². The molecule has 0 saturated heterocycles. The Balaban J connectivity index is 2.51. The van der Waals surface area contributed by atoms with Crippen molar-refractivity contribution in [3.8, 4) is 0 Å². The summed E-state index contributed by atoms with van der Waals surface area (Å²) in [6.07, 6.45) is 0.824. The molecule has 0 aromatic heterocycles. The average molecular weight is 253 g/mol. The van der Waals surface area contributed by atoms with Gasteiger partial charge < -0.3 is 5.32 Å². The Morgan fingerprint density at radius 1 is 1.41 bits per heavy atom. The summed E-state index contributed by atoms with van der Waals surface area (Å²) in [6, 6.07) is 5.75. The van der Waals surface area contributed by atoms with E-state index in [-0.39, 0.29) is 11.8 Å². The van der Waals surface area contributed by atoms with Crippen LogP contribution in [0.5, 0.6) is 0 Å². The topological polar surface area (TPSA) is 46.2 Å². The third-order valence-electron chi connectivity index (χ3n) is 3.28. The Morgan fingerprint density at radius 3 is 2.71 bits per heavy atom. The number of hydrogen-bond acceptors (Lipinski definition) is 3. The highest BCUT2D eigenvalue weighted by atomic mass is 32.2. The van der Waals surface area contributed by atoms with Crippen LogP contribution < -0.4 is 5.32 Å². The molecule has 4 heteroatoms. The van der Waals surface area contributed by atoms with E-state index in [0.29, 0.717) is 10.8 Å². The maximum absolute atomic E-state index is 12.2. The smallest absolute Gasteiger partial charge is 0.182 e. The zero-order valence-electron chi connectivity index (χ0n) is 10.5. The Morgan fingerprint density at radius 2 is 2.12 bits per heavy atom. The number of sulfone groups is 1. The van der Waals surface area contributed by atoms with Crippen LogP contribution in [0, 0.1) is 0 Å². The molecule has 1 aromatic rings. The number of benzene rings is 1. The predicted octanol–water partition coefficient (Wildman–Crippen LogP) is 2.79. The Kier molecular flexibility index (Phi) is 3.17. The summed E-state index contributed by atoms with van der Waals surface area (Å²) < 4.78 is 24.4. The summed E-state index contributed by atoms with van der Waals surface area (Å²) in [5.74, 6) is 0.553. The van der Waals surface area contributed by atoms with Crippen LogP contribution in [-0.2, 0) is 9.84 Å². The third kappa shape index (κ3) is 2.32. The van der Waals surface area contributed by atoms with Gasteiger partial charge in [-0.3, -0.25) is 0 Å². The van der Waals surface area contributed by atoms with Gasteiger partial charge in [0.15, 0.2) is 9.84 Å². The van der Waals surface area contributed by atoms with Crippen molar-refractivity contribution in [2.24, 2.45) is 0 Å². The molecule has 0 radical (unpaired) electrons. The molecule has 1 unspecified atom stereocenters. The van der Waals surface area contributed by atoms with E-state index in [9.17, 15) is 8.42 Å². The monoisotopic (exact) mass is 253 g/mol. The summed E-state index contributed by atoms with van der Waals surface area (Å²) >= 11 is 0. The Labute approximate surface area is 103 Å². The van der Waals surface area contributed by atoms with Crippen molar-refractivity contribution in [1.29, 1.82) is 0 Å². The molecular formula is C13H19NO2S. The van der Waals surface area contributed by atoms with E-state index >= 15 is 0 Å². The van der Waals surface area contributed by atoms with Gasteiger partial charge >= 0.3 is 0 Å². The molecule has 94 valence electrons. The van der Waals surface area contributed by atoms with Gasteiger partial charge in [-0.1, -0.05) is 26.8 Å². The second-order valence-electron chi connectivity index (χ2n) is 4.94. The molecule has 1 atom stereocenters. The van der Waals surface area contributed by atoms with Gasteiger partial charge in [0.25, 0.3) is 0 Å². The van der Waals surface area contributed by atoms with Gasteiger partial charge in [-0.05, 0) is 30.0 Å². The zero-order chi connectivity index (χ0) is 12.6. The van der Waals surface area contributed by atoms with Crippen LogP contribution in [0.2, 0.25) is 0 Å². The molecule has 0 fully saturated rings. The molecule has 3 nitrogen and oxygen atoms in total. The molecule has 1 N–H and O–H groups in total. The lowest BCUT2D eigenvalue weighted by atomic mass is 10.0. The summed E-state index contributed by atoms with van der Waals surface area (Å²) in [5, 5.41) is 3.29. The fourth-order valence-electron chi connectivity index (χ4n) is 2.11. The number of nitrogens with one attached hydrogen (secondary N) is 1. The second kappa shape index (κ2) is 4.33. The summed E-state index contributed by atoms with van der Waals surface area (Å²) in [6.45, 7) is 6.14. The van der Waals surface area contributed by atoms with Gasteiger partial charge in [-0.25, -0.2) is 8.42 Å². The van der Waals surface area contributed by atoms with Crippen molar-refractivity contribution in [2.45, 2.75) is 44.0 Å². The van der Waals surface area contributed by atoms with Gasteiger partial charge in [0.05, 0.1) is 16.3 Å². The Bertz CT molecular complexity index is 520. The van der Waals surface area contributed by atoms with Crippen molar-refractivity contribution >= 4 is 15.5 Å². The van der Waals surface area contributed by atoms with Gasteiger partial charge in [0.2, 0.25) is 0 Å². The molecule has 0 bridgehead atoms. The van der Waals surface area contributed by atoms with Gasteiger partial charge in [0.1, 0.15) is 0 Å². The minimum Gasteiger partial charge on any atom is -0.380 e. The van der Waals surface area contributed by atoms with Crippen LogP contribution in [0.15, 0.2) is 23.1 Å². The molecule has 0 amide bonds. The minimum absolute atomic E-state index is 0.0393. The first-order valence-corrected chi connectivity index (χ1v) is 7.72. The molecular weight excluding hydrogens is 234 g/mol. The van der Waals surface area contributed by atoms with Gasteiger partial charge in [-0.2, -0.15) is 0 Å². The lowest BCUT2D eigenvalue weighted by Gasteiger charge is -2.26. The van der Waals surface area contributed by atoms with E-state index in [2.05, 4.69) is 19.2 Å². The van der Waals surface area contributed by atoms with Crippen molar-refractivity contribution in [3.05, 3.63) is 23.8 Å². The van der Waals surface area contributed by atoms with E-state index in [1.807, 2.05) is 25.1 Å². The van der Waals surface area contributed by atoms with Crippen LogP contribution in [0.25, 0.3) is 0 Å². The van der Waals surface area contributed by atoms with E-state index in [4.69, 9.17) is 0 Å². The van der Waals surface area contributed by atoms with Crippen LogP contribution in [0.3, 0.4) is 0 Å².